The van der Waals surface area contributed by atoms with E-state index < -0.39 is 0 Å². The van der Waals surface area contributed by atoms with Crippen molar-refractivity contribution in [1.82, 2.24) is 10.3 Å². The van der Waals surface area contributed by atoms with E-state index in [-0.39, 0.29) is 11.8 Å². The van der Waals surface area contributed by atoms with Crippen molar-refractivity contribution in [2.45, 2.75) is 12.8 Å². The average molecular weight is 297 g/mol. The van der Waals surface area contributed by atoms with E-state index in [4.69, 9.17) is 4.74 Å². The van der Waals surface area contributed by atoms with E-state index in [1.165, 1.54) is 0 Å². The van der Waals surface area contributed by atoms with Crippen molar-refractivity contribution < 1.29 is 9.53 Å². The molecule has 2 aromatic rings. The van der Waals surface area contributed by atoms with Crippen molar-refractivity contribution in [3.63, 3.8) is 0 Å². The molecule has 5 heteroatoms. The fraction of sp³-hybridized carbons (Fsp3) is 0.294. The highest BCUT2D eigenvalue weighted by molar-refractivity contribution is 5.92. The molecule has 3 rings (SSSR count). The van der Waals surface area contributed by atoms with Gasteiger partial charge in [0.05, 0.1) is 0 Å². The molecule has 0 unspecified atom stereocenters. The van der Waals surface area contributed by atoms with Crippen LogP contribution in [0.15, 0.2) is 48.7 Å². The first kappa shape index (κ1) is 14.5. The second kappa shape index (κ2) is 7.04. The van der Waals surface area contributed by atoms with Crippen LogP contribution < -0.4 is 15.4 Å². The van der Waals surface area contributed by atoms with E-state index in [2.05, 4.69) is 15.6 Å². The Morgan fingerprint density at radius 3 is 2.82 bits per heavy atom. The number of hydrogen-bond donors (Lipinski definition) is 2. The van der Waals surface area contributed by atoms with Crippen LogP contribution in [0.5, 0.6) is 11.6 Å². The number of nitrogens with zero attached hydrogens (tertiary/aromatic N) is 1. The van der Waals surface area contributed by atoms with Crippen LogP contribution in [-0.2, 0) is 4.79 Å². The van der Waals surface area contributed by atoms with Gasteiger partial charge in [-0.15, -0.1) is 0 Å². The lowest BCUT2D eigenvalue weighted by Gasteiger charge is -2.21. The van der Waals surface area contributed by atoms with Gasteiger partial charge in [-0.3, -0.25) is 4.79 Å². The highest BCUT2D eigenvalue weighted by Gasteiger charge is 2.20. The van der Waals surface area contributed by atoms with Crippen LogP contribution in [-0.4, -0.2) is 24.0 Å². The largest absolute Gasteiger partial charge is 0.439 e. The molecule has 0 aliphatic carbocycles. The standard InChI is InChI=1S/C17H19N3O2/c21-17(13-7-10-18-11-8-13)20-14-4-3-5-15(12-14)22-16-6-1-2-9-19-16/h1-6,9,12-13,18H,7-8,10-11H2,(H,20,21). The zero-order valence-electron chi connectivity index (χ0n) is 12.3. The topological polar surface area (TPSA) is 63.2 Å². The summed E-state index contributed by atoms with van der Waals surface area (Å²) in [6.45, 7) is 1.81. The number of anilines is 1. The summed E-state index contributed by atoms with van der Waals surface area (Å²) >= 11 is 0. The normalized spacial score (nSPS) is 15.3. The molecular weight excluding hydrogens is 278 g/mol. The van der Waals surface area contributed by atoms with E-state index >= 15 is 0 Å². The second-order valence-corrected chi connectivity index (χ2v) is 5.31. The predicted octanol–water partition coefficient (Wildman–Crippen LogP) is 2.81. The summed E-state index contributed by atoms with van der Waals surface area (Å²) in [5.74, 6) is 1.35. The highest BCUT2D eigenvalue weighted by Crippen LogP contribution is 2.23. The smallest absolute Gasteiger partial charge is 0.227 e. The summed E-state index contributed by atoms with van der Waals surface area (Å²) in [5.41, 5.74) is 0.747. The molecular formula is C17H19N3O2. The SMILES string of the molecule is O=C(Nc1cccc(Oc2ccccn2)c1)C1CCNCC1. The van der Waals surface area contributed by atoms with E-state index in [0.29, 0.717) is 11.6 Å². The average Bonchev–Trinajstić information content (AvgIpc) is 2.57. The van der Waals surface area contributed by atoms with E-state index in [1.54, 1.807) is 12.3 Å². The lowest BCUT2D eigenvalue weighted by molar-refractivity contribution is -0.120. The third-order valence-corrected chi connectivity index (χ3v) is 3.67. The number of hydrogen-bond acceptors (Lipinski definition) is 4. The molecule has 1 aliphatic rings. The lowest BCUT2D eigenvalue weighted by atomic mass is 9.97. The van der Waals surface area contributed by atoms with Gasteiger partial charge < -0.3 is 15.4 Å². The Morgan fingerprint density at radius 1 is 1.18 bits per heavy atom. The monoisotopic (exact) mass is 297 g/mol. The molecule has 1 amide bonds. The Hall–Kier alpha value is -2.40. The Balaban J connectivity index is 1.64. The number of rotatable bonds is 4. The molecule has 0 bridgehead atoms. The Labute approximate surface area is 129 Å². The molecule has 1 aliphatic heterocycles. The van der Waals surface area contributed by atoms with Gasteiger partial charge in [0, 0.05) is 29.9 Å². The lowest BCUT2D eigenvalue weighted by Crippen LogP contribution is -2.34. The molecule has 0 saturated carbocycles. The molecule has 5 nitrogen and oxygen atoms in total. The first-order chi connectivity index (χ1) is 10.8. The molecule has 0 atom stereocenters. The van der Waals surface area contributed by atoms with Crippen molar-refractivity contribution in [2.24, 2.45) is 5.92 Å². The molecule has 22 heavy (non-hydrogen) atoms. The minimum Gasteiger partial charge on any atom is -0.439 e. The van der Waals surface area contributed by atoms with Gasteiger partial charge >= 0.3 is 0 Å². The van der Waals surface area contributed by atoms with Gasteiger partial charge in [0.1, 0.15) is 5.75 Å². The molecule has 1 aromatic heterocycles. The summed E-state index contributed by atoms with van der Waals surface area (Å²) < 4.78 is 5.67. The minimum absolute atomic E-state index is 0.0801. The summed E-state index contributed by atoms with van der Waals surface area (Å²) in [4.78, 5) is 16.4. The van der Waals surface area contributed by atoms with Gasteiger partial charge in [0.2, 0.25) is 11.8 Å². The summed E-state index contributed by atoms with van der Waals surface area (Å²) in [5, 5.41) is 6.23. The zero-order valence-corrected chi connectivity index (χ0v) is 12.3. The fourth-order valence-electron chi connectivity index (χ4n) is 2.49. The zero-order chi connectivity index (χ0) is 15.2. The molecule has 2 N–H and O–H groups in total. The van der Waals surface area contributed by atoms with Gasteiger partial charge in [-0.2, -0.15) is 0 Å². The second-order valence-electron chi connectivity index (χ2n) is 5.31. The number of benzene rings is 1. The number of carbonyl (C=O) groups is 1. The van der Waals surface area contributed by atoms with Crippen LogP contribution in [0.1, 0.15) is 12.8 Å². The molecule has 0 spiro atoms. The van der Waals surface area contributed by atoms with Gasteiger partial charge in [0.25, 0.3) is 0 Å². The molecule has 0 radical (unpaired) electrons. The van der Waals surface area contributed by atoms with E-state index in [9.17, 15) is 4.79 Å². The third kappa shape index (κ3) is 3.83. The molecule has 114 valence electrons. The highest BCUT2D eigenvalue weighted by atomic mass is 16.5. The quantitative estimate of drug-likeness (QED) is 0.911. The van der Waals surface area contributed by atoms with Gasteiger partial charge in [-0.1, -0.05) is 12.1 Å². The first-order valence-corrected chi connectivity index (χ1v) is 7.52. The van der Waals surface area contributed by atoms with Crippen LogP contribution in [0, 0.1) is 5.92 Å². The van der Waals surface area contributed by atoms with Crippen LogP contribution >= 0.6 is 0 Å². The van der Waals surface area contributed by atoms with Crippen LogP contribution in [0.25, 0.3) is 0 Å². The van der Waals surface area contributed by atoms with E-state index in [0.717, 1.165) is 31.6 Å². The third-order valence-electron chi connectivity index (χ3n) is 3.67. The molecule has 1 saturated heterocycles. The Bertz CT molecular complexity index is 625. The maximum atomic E-state index is 12.2. The number of nitrogens with one attached hydrogen (secondary N) is 2. The van der Waals surface area contributed by atoms with Crippen molar-refractivity contribution >= 4 is 11.6 Å². The molecule has 1 aromatic carbocycles. The number of ether oxygens (including phenoxy) is 1. The number of piperidine rings is 1. The van der Waals surface area contributed by atoms with E-state index in [1.807, 2.05) is 36.4 Å². The summed E-state index contributed by atoms with van der Waals surface area (Å²) in [6, 6.07) is 12.9. The van der Waals surface area contributed by atoms with Gasteiger partial charge in [-0.05, 0) is 44.1 Å². The van der Waals surface area contributed by atoms with Crippen molar-refractivity contribution in [2.75, 3.05) is 18.4 Å². The molecule has 1 fully saturated rings. The fourth-order valence-corrected chi connectivity index (χ4v) is 2.49. The number of amides is 1. The number of aromatic nitrogens is 1. The number of carbonyl (C=O) groups excluding carboxylic acids is 1. The first-order valence-electron chi connectivity index (χ1n) is 7.52. The van der Waals surface area contributed by atoms with Crippen molar-refractivity contribution in [3.05, 3.63) is 48.7 Å². The van der Waals surface area contributed by atoms with Crippen LogP contribution in [0.3, 0.4) is 0 Å². The van der Waals surface area contributed by atoms with Crippen molar-refractivity contribution in [3.8, 4) is 11.6 Å². The molecule has 2 heterocycles. The predicted molar refractivity (Wildman–Crippen MR) is 85.0 cm³/mol. The van der Waals surface area contributed by atoms with Crippen molar-refractivity contribution in [1.29, 1.82) is 0 Å². The van der Waals surface area contributed by atoms with Crippen LogP contribution in [0.2, 0.25) is 0 Å². The Morgan fingerprint density at radius 2 is 2.05 bits per heavy atom. The summed E-state index contributed by atoms with van der Waals surface area (Å²) in [6.07, 6.45) is 3.45. The van der Waals surface area contributed by atoms with Crippen LogP contribution in [0.4, 0.5) is 5.69 Å². The number of pyridine rings is 1. The maximum Gasteiger partial charge on any atom is 0.227 e. The summed E-state index contributed by atoms with van der Waals surface area (Å²) in [7, 11) is 0. The van der Waals surface area contributed by atoms with Gasteiger partial charge in [0.15, 0.2) is 0 Å². The Kier molecular flexibility index (Phi) is 4.65. The maximum absolute atomic E-state index is 12.2. The van der Waals surface area contributed by atoms with Gasteiger partial charge in [-0.25, -0.2) is 4.98 Å². The minimum atomic E-state index is 0.0801.